The molecule has 0 fully saturated rings. The molecule has 2 unspecified atom stereocenters. The number of carbonyl (C=O) groups is 1. The van der Waals surface area contributed by atoms with E-state index in [9.17, 15) is 13.6 Å². The topological polar surface area (TPSA) is 47.6 Å². The van der Waals surface area contributed by atoms with Crippen LogP contribution < -0.4 is 5.32 Å². The molecule has 0 heterocycles. The van der Waals surface area contributed by atoms with Crippen LogP contribution >= 0.6 is 0 Å². The summed E-state index contributed by atoms with van der Waals surface area (Å²) in [7, 11) is 1.33. The molecular weight excluding hydrogens is 220 g/mol. The molecule has 0 radical (unpaired) electrons. The summed E-state index contributed by atoms with van der Waals surface area (Å²) in [6, 6.07) is -0.0809. The van der Waals surface area contributed by atoms with E-state index in [0.29, 0.717) is 6.54 Å². The number of carbonyl (C=O) groups excluding carboxylic acids is 1. The van der Waals surface area contributed by atoms with Crippen molar-refractivity contribution in [2.24, 2.45) is 5.92 Å². The number of hydrogen-bond donors (Lipinski definition) is 1. The lowest BCUT2D eigenvalue weighted by atomic mass is 10.0. The molecule has 0 saturated heterocycles. The second kappa shape index (κ2) is 8.41. The minimum absolute atomic E-state index is 0.0809. The number of ether oxygens (including phenoxy) is 2. The van der Waals surface area contributed by atoms with Crippen molar-refractivity contribution < 1.29 is 23.0 Å². The van der Waals surface area contributed by atoms with Gasteiger partial charge < -0.3 is 14.8 Å². The smallest absolute Gasteiger partial charge is 0.309 e. The SMILES string of the molecule is COC(=O)C(C)C(C)NCCOCC(F)F. The number of hydrogen-bond acceptors (Lipinski definition) is 4. The second-order valence-electron chi connectivity index (χ2n) is 3.52. The van der Waals surface area contributed by atoms with Crippen LogP contribution in [0.1, 0.15) is 13.8 Å². The molecule has 16 heavy (non-hydrogen) atoms. The number of rotatable bonds is 8. The van der Waals surface area contributed by atoms with Gasteiger partial charge in [0.1, 0.15) is 6.61 Å². The minimum atomic E-state index is -2.44. The Hall–Kier alpha value is -0.750. The molecule has 0 spiro atoms. The van der Waals surface area contributed by atoms with Gasteiger partial charge >= 0.3 is 5.97 Å². The molecule has 0 aliphatic rings. The number of esters is 1. The lowest BCUT2D eigenvalue weighted by molar-refractivity contribution is -0.145. The Kier molecular flexibility index (Phi) is 8.01. The normalized spacial score (nSPS) is 14.9. The third kappa shape index (κ3) is 6.68. The zero-order valence-electron chi connectivity index (χ0n) is 9.83. The fourth-order valence-electron chi connectivity index (χ4n) is 1.10. The van der Waals surface area contributed by atoms with Gasteiger partial charge in [0.05, 0.1) is 19.6 Å². The van der Waals surface area contributed by atoms with E-state index in [0.717, 1.165) is 0 Å². The Morgan fingerprint density at radius 1 is 1.38 bits per heavy atom. The number of alkyl halides is 2. The standard InChI is InChI=1S/C10H19F2NO3/c1-7(10(14)15-3)8(2)13-4-5-16-6-9(11)12/h7-9,13H,4-6H2,1-3H3. The molecule has 1 N–H and O–H groups in total. The van der Waals surface area contributed by atoms with E-state index in [2.05, 4.69) is 14.8 Å². The Morgan fingerprint density at radius 2 is 2.00 bits per heavy atom. The van der Waals surface area contributed by atoms with E-state index in [1.807, 2.05) is 6.92 Å². The molecular formula is C10H19F2NO3. The van der Waals surface area contributed by atoms with Crippen LogP contribution in [-0.2, 0) is 14.3 Å². The van der Waals surface area contributed by atoms with Crippen LogP contribution in [0.5, 0.6) is 0 Å². The summed E-state index contributed by atoms with van der Waals surface area (Å²) in [5.74, 6) is -0.575. The highest BCUT2D eigenvalue weighted by Gasteiger charge is 2.19. The van der Waals surface area contributed by atoms with E-state index in [-0.39, 0.29) is 24.5 Å². The molecule has 96 valence electrons. The first-order valence-electron chi connectivity index (χ1n) is 5.16. The predicted octanol–water partition coefficient (Wildman–Crippen LogP) is 1.06. The van der Waals surface area contributed by atoms with Crippen molar-refractivity contribution >= 4 is 5.97 Å². The maximum Gasteiger partial charge on any atom is 0.309 e. The highest BCUT2D eigenvalue weighted by Crippen LogP contribution is 2.04. The van der Waals surface area contributed by atoms with Crippen LogP contribution in [0, 0.1) is 5.92 Å². The van der Waals surface area contributed by atoms with Gasteiger partial charge in [-0.1, -0.05) is 6.92 Å². The molecule has 4 nitrogen and oxygen atoms in total. The fourth-order valence-corrected chi connectivity index (χ4v) is 1.10. The highest BCUT2D eigenvalue weighted by molar-refractivity contribution is 5.72. The highest BCUT2D eigenvalue weighted by atomic mass is 19.3. The van der Waals surface area contributed by atoms with Crippen molar-refractivity contribution in [3.8, 4) is 0 Å². The van der Waals surface area contributed by atoms with Crippen molar-refractivity contribution in [1.29, 1.82) is 0 Å². The minimum Gasteiger partial charge on any atom is -0.469 e. The first-order valence-corrected chi connectivity index (χ1v) is 5.16. The summed E-state index contributed by atoms with van der Waals surface area (Å²) in [6.07, 6.45) is -2.44. The van der Waals surface area contributed by atoms with Gasteiger partial charge in [-0.15, -0.1) is 0 Å². The van der Waals surface area contributed by atoms with E-state index in [1.165, 1.54) is 7.11 Å². The van der Waals surface area contributed by atoms with Crippen LogP contribution in [0.15, 0.2) is 0 Å². The van der Waals surface area contributed by atoms with Gasteiger partial charge in [-0.3, -0.25) is 4.79 Å². The molecule has 0 amide bonds. The van der Waals surface area contributed by atoms with Gasteiger partial charge in [0.2, 0.25) is 0 Å². The molecule has 0 rings (SSSR count). The zero-order chi connectivity index (χ0) is 12.6. The van der Waals surface area contributed by atoms with Gasteiger partial charge in [-0.05, 0) is 6.92 Å². The van der Waals surface area contributed by atoms with Gasteiger partial charge in [0.15, 0.2) is 0 Å². The Balaban J connectivity index is 3.57. The Morgan fingerprint density at radius 3 is 2.50 bits per heavy atom. The average Bonchev–Trinajstić information content (AvgIpc) is 2.25. The van der Waals surface area contributed by atoms with Crippen LogP contribution in [0.2, 0.25) is 0 Å². The molecule has 0 aromatic heterocycles. The predicted molar refractivity (Wildman–Crippen MR) is 55.5 cm³/mol. The monoisotopic (exact) mass is 239 g/mol. The summed E-state index contributed by atoms with van der Waals surface area (Å²) in [4.78, 5) is 11.1. The molecule has 2 atom stereocenters. The second-order valence-corrected chi connectivity index (χ2v) is 3.52. The van der Waals surface area contributed by atoms with Crippen molar-refractivity contribution in [3.05, 3.63) is 0 Å². The molecule has 6 heteroatoms. The summed E-state index contributed by atoms with van der Waals surface area (Å²) in [5, 5.41) is 3.00. The Labute approximate surface area is 94.3 Å². The lowest BCUT2D eigenvalue weighted by Gasteiger charge is -2.19. The molecule has 0 aliphatic heterocycles. The quantitative estimate of drug-likeness (QED) is 0.508. The van der Waals surface area contributed by atoms with Crippen molar-refractivity contribution in [1.82, 2.24) is 5.32 Å². The maximum atomic E-state index is 11.7. The van der Waals surface area contributed by atoms with Crippen molar-refractivity contribution in [2.75, 3.05) is 26.9 Å². The van der Waals surface area contributed by atoms with Crippen molar-refractivity contribution in [3.63, 3.8) is 0 Å². The maximum absolute atomic E-state index is 11.7. The summed E-state index contributed by atoms with van der Waals surface area (Å²) >= 11 is 0. The zero-order valence-corrected chi connectivity index (χ0v) is 9.83. The third-order valence-corrected chi connectivity index (χ3v) is 2.28. The summed E-state index contributed by atoms with van der Waals surface area (Å²) in [6.45, 7) is 3.64. The van der Waals surface area contributed by atoms with E-state index < -0.39 is 13.0 Å². The van der Waals surface area contributed by atoms with E-state index in [1.54, 1.807) is 6.92 Å². The number of nitrogens with one attached hydrogen (secondary N) is 1. The van der Waals surface area contributed by atoms with E-state index >= 15 is 0 Å². The van der Waals surface area contributed by atoms with Gasteiger partial charge in [0.25, 0.3) is 6.43 Å². The first kappa shape index (κ1) is 15.2. The average molecular weight is 239 g/mol. The molecule has 0 saturated carbocycles. The fraction of sp³-hybridized carbons (Fsp3) is 0.900. The Bertz CT molecular complexity index is 203. The van der Waals surface area contributed by atoms with Gasteiger partial charge in [0, 0.05) is 12.6 Å². The van der Waals surface area contributed by atoms with Gasteiger partial charge in [-0.2, -0.15) is 0 Å². The third-order valence-electron chi connectivity index (χ3n) is 2.28. The van der Waals surface area contributed by atoms with Crippen LogP contribution in [0.3, 0.4) is 0 Å². The van der Waals surface area contributed by atoms with Crippen molar-refractivity contribution in [2.45, 2.75) is 26.3 Å². The van der Waals surface area contributed by atoms with Crippen LogP contribution in [-0.4, -0.2) is 45.3 Å². The van der Waals surface area contributed by atoms with Crippen LogP contribution in [0.4, 0.5) is 8.78 Å². The molecule has 0 aromatic carbocycles. The van der Waals surface area contributed by atoms with E-state index in [4.69, 9.17) is 0 Å². The number of methoxy groups -OCH3 is 1. The summed E-state index contributed by atoms with van der Waals surface area (Å²) in [5.41, 5.74) is 0. The molecule has 0 aliphatic carbocycles. The summed E-state index contributed by atoms with van der Waals surface area (Å²) < 4.78 is 32.7. The van der Waals surface area contributed by atoms with Gasteiger partial charge in [-0.25, -0.2) is 8.78 Å². The molecule has 0 bridgehead atoms. The number of halogens is 2. The first-order chi connectivity index (χ1) is 7.49. The lowest BCUT2D eigenvalue weighted by Crippen LogP contribution is -2.38. The molecule has 0 aromatic rings. The van der Waals surface area contributed by atoms with Crippen LogP contribution in [0.25, 0.3) is 0 Å². The largest absolute Gasteiger partial charge is 0.469 e.